The molecule has 0 aliphatic carbocycles. The van der Waals surface area contributed by atoms with Crippen molar-refractivity contribution in [1.29, 1.82) is 0 Å². The summed E-state index contributed by atoms with van der Waals surface area (Å²) in [5.74, 6) is 1.23. The van der Waals surface area contributed by atoms with Crippen LogP contribution in [0, 0.1) is 20.8 Å². The van der Waals surface area contributed by atoms with Gasteiger partial charge in [0.2, 0.25) is 0 Å². The number of aliphatic hydroxyl groups excluding tert-OH is 1. The Morgan fingerprint density at radius 2 is 1.87 bits per heavy atom. The van der Waals surface area contributed by atoms with E-state index in [1.54, 1.807) is 11.6 Å². The second-order valence-electron chi connectivity index (χ2n) is 7.44. The highest BCUT2D eigenvalue weighted by Gasteiger charge is 2.17. The molecule has 4 rings (SSSR count). The van der Waals surface area contributed by atoms with Crippen LogP contribution in [0.15, 0.2) is 59.5 Å². The normalized spacial score (nSPS) is 12.3. The van der Waals surface area contributed by atoms with Gasteiger partial charge < -0.3 is 9.84 Å². The summed E-state index contributed by atoms with van der Waals surface area (Å²) in [4.78, 5) is 17.6. The van der Waals surface area contributed by atoms with Crippen LogP contribution in [0.2, 0.25) is 0 Å². The van der Waals surface area contributed by atoms with E-state index in [9.17, 15) is 9.90 Å². The minimum absolute atomic E-state index is 0.0805. The Balaban J connectivity index is 1.56. The summed E-state index contributed by atoms with van der Waals surface area (Å²) in [5, 5.41) is 15.2. The number of aromatic nitrogens is 4. The minimum Gasteiger partial charge on any atom is -0.491 e. The molecule has 0 bridgehead atoms. The molecule has 7 heteroatoms. The second kappa shape index (κ2) is 8.12. The lowest BCUT2D eigenvalue weighted by Crippen LogP contribution is -2.32. The summed E-state index contributed by atoms with van der Waals surface area (Å²) >= 11 is 0. The van der Waals surface area contributed by atoms with Crippen LogP contribution in [0.4, 0.5) is 0 Å². The van der Waals surface area contributed by atoms with Crippen molar-refractivity contribution in [2.24, 2.45) is 0 Å². The first-order valence-corrected chi connectivity index (χ1v) is 9.83. The summed E-state index contributed by atoms with van der Waals surface area (Å²) < 4.78 is 8.87. The third-order valence-electron chi connectivity index (χ3n) is 5.03. The summed E-state index contributed by atoms with van der Waals surface area (Å²) in [6, 6.07) is 15.4. The van der Waals surface area contributed by atoms with Crippen LogP contribution in [0.5, 0.6) is 5.75 Å². The van der Waals surface area contributed by atoms with E-state index in [2.05, 4.69) is 10.1 Å². The molecule has 0 aliphatic rings. The quantitative estimate of drug-likeness (QED) is 0.534. The van der Waals surface area contributed by atoms with Gasteiger partial charge in [0.1, 0.15) is 29.7 Å². The molecule has 0 fully saturated rings. The van der Waals surface area contributed by atoms with Crippen molar-refractivity contribution < 1.29 is 9.84 Å². The van der Waals surface area contributed by atoms with E-state index in [-0.39, 0.29) is 18.7 Å². The van der Waals surface area contributed by atoms with Crippen molar-refractivity contribution >= 4 is 11.0 Å². The van der Waals surface area contributed by atoms with Gasteiger partial charge in [-0.15, -0.1) is 0 Å². The van der Waals surface area contributed by atoms with Gasteiger partial charge in [-0.1, -0.05) is 35.9 Å². The van der Waals surface area contributed by atoms with Crippen molar-refractivity contribution in [3.05, 3.63) is 82.0 Å². The molecule has 2 aromatic heterocycles. The highest BCUT2D eigenvalue weighted by molar-refractivity contribution is 5.75. The van der Waals surface area contributed by atoms with Gasteiger partial charge in [-0.25, -0.2) is 9.67 Å². The number of hydrogen-bond acceptors (Lipinski definition) is 5. The molecule has 2 aromatic carbocycles. The molecule has 0 saturated carbocycles. The Morgan fingerprint density at radius 1 is 1.10 bits per heavy atom. The van der Waals surface area contributed by atoms with Crippen molar-refractivity contribution in [3.63, 3.8) is 0 Å². The summed E-state index contributed by atoms with van der Waals surface area (Å²) in [7, 11) is 0. The van der Waals surface area contributed by atoms with Gasteiger partial charge in [0.25, 0.3) is 5.56 Å². The Hall–Kier alpha value is -3.45. The molecule has 30 heavy (non-hydrogen) atoms. The first kappa shape index (κ1) is 19.8. The molecular weight excluding hydrogens is 380 g/mol. The van der Waals surface area contributed by atoms with Crippen LogP contribution in [0.3, 0.4) is 0 Å². The van der Waals surface area contributed by atoms with Crippen LogP contribution in [-0.2, 0) is 6.54 Å². The van der Waals surface area contributed by atoms with Crippen LogP contribution >= 0.6 is 0 Å². The van der Waals surface area contributed by atoms with Gasteiger partial charge >= 0.3 is 0 Å². The zero-order valence-corrected chi connectivity index (χ0v) is 17.2. The predicted molar refractivity (Wildman–Crippen MR) is 115 cm³/mol. The maximum absolute atomic E-state index is 13.0. The van der Waals surface area contributed by atoms with Crippen LogP contribution in [0.25, 0.3) is 16.7 Å². The average molecular weight is 404 g/mol. The number of nitrogens with zero attached hydrogens (tertiary/aromatic N) is 4. The number of rotatable bonds is 6. The third kappa shape index (κ3) is 3.84. The summed E-state index contributed by atoms with van der Waals surface area (Å²) in [6.07, 6.45) is 0.664. The summed E-state index contributed by atoms with van der Waals surface area (Å²) in [5.41, 5.74) is 3.26. The number of para-hydroxylation sites is 1. The lowest BCUT2D eigenvalue weighted by atomic mass is 10.1. The van der Waals surface area contributed by atoms with E-state index >= 15 is 0 Å². The highest BCUT2D eigenvalue weighted by atomic mass is 16.5. The maximum Gasteiger partial charge on any atom is 0.264 e. The molecule has 1 atom stereocenters. The molecule has 2 heterocycles. The number of benzene rings is 2. The van der Waals surface area contributed by atoms with Crippen LogP contribution < -0.4 is 10.3 Å². The van der Waals surface area contributed by atoms with E-state index in [1.807, 2.05) is 62.4 Å². The monoisotopic (exact) mass is 404 g/mol. The van der Waals surface area contributed by atoms with E-state index in [0.29, 0.717) is 16.9 Å². The zero-order valence-electron chi connectivity index (χ0n) is 17.2. The molecule has 0 aliphatic heterocycles. The van der Waals surface area contributed by atoms with Crippen molar-refractivity contribution in [2.45, 2.75) is 33.4 Å². The molecule has 0 amide bonds. The first-order chi connectivity index (χ1) is 14.4. The van der Waals surface area contributed by atoms with Gasteiger partial charge in [0.05, 0.1) is 18.4 Å². The fraction of sp³-hybridized carbons (Fsp3) is 0.261. The van der Waals surface area contributed by atoms with Crippen molar-refractivity contribution in [3.8, 4) is 11.4 Å². The maximum atomic E-state index is 13.0. The zero-order chi connectivity index (χ0) is 21.3. The van der Waals surface area contributed by atoms with Gasteiger partial charge in [-0.3, -0.25) is 9.36 Å². The smallest absolute Gasteiger partial charge is 0.264 e. The van der Waals surface area contributed by atoms with E-state index in [4.69, 9.17) is 4.74 Å². The Kier molecular flexibility index (Phi) is 5.37. The Bertz CT molecular complexity index is 1240. The molecule has 7 nitrogen and oxygen atoms in total. The second-order valence-corrected chi connectivity index (χ2v) is 7.44. The molecule has 0 spiro atoms. The number of ether oxygens (including phenoxy) is 1. The number of hydrogen-bond donors (Lipinski definition) is 1. The van der Waals surface area contributed by atoms with Crippen LogP contribution in [-0.4, -0.2) is 37.1 Å². The van der Waals surface area contributed by atoms with E-state index in [0.717, 1.165) is 22.6 Å². The SMILES string of the molecule is Cc1ccc(OCC(O)Cn2c(C)nc3c(cnn3-c3ccccc3)c2=O)c(C)c1. The predicted octanol–water partition coefficient (Wildman–Crippen LogP) is 2.95. The standard InChI is InChI=1S/C23H24N4O3/c1-15-9-10-21(16(2)11-15)30-14-19(28)13-26-17(3)25-22-20(23(26)29)12-24-27(22)18-7-5-4-6-8-18/h4-12,19,28H,13-14H2,1-3H3. The van der Waals surface area contributed by atoms with Gasteiger partial charge in [-0.2, -0.15) is 5.10 Å². The van der Waals surface area contributed by atoms with Gasteiger partial charge in [0.15, 0.2) is 5.65 Å². The molecule has 1 N–H and O–H groups in total. The largest absolute Gasteiger partial charge is 0.491 e. The Labute approximate surface area is 174 Å². The first-order valence-electron chi connectivity index (χ1n) is 9.83. The number of fused-ring (bicyclic) bond motifs is 1. The fourth-order valence-electron chi connectivity index (χ4n) is 3.49. The van der Waals surface area contributed by atoms with E-state index < -0.39 is 6.10 Å². The lowest BCUT2D eigenvalue weighted by Gasteiger charge is -2.16. The molecule has 0 saturated heterocycles. The molecular formula is C23H24N4O3. The van der Waals surface area contributed by atoms with E-state index in [1.165, 1.54) is 10.8 Å². The highest BCUT2D eigenvalue weighted by Crippen LogP contribution is 2.19. The van der Waals surface area contributed by atoms with Crippen molar-refractivity contribution in [2.75, 3.05) is 6.61 Å². The van der Waals surface area contributed by atoms with Crippen molar-refractivity contribution in [1.82, 2.24) is 19.3 Å². The van der Waals surface area contributed by atoms with Gasteiger partial charge in [0, 0.05) is 0 Å². The molecule has 154 valence electrons. The number of aryl methyl sites for hydroxylation is 3. The fourth-order valence-corrected chi connectivity index (χ4v) is 3.49. The van der Waals surface area contributed by atoms with Crippen LogP contribution in [0.1, 0.15) is 17.0 Å². The molecule has 4 aromatic rings. The number of aliphatic hydroxyl groups is 1. The molecule has 1 unspecified atom stereocenters. The average Bonchev–Trinajstić information content (AvgIpc) is 3.15. The summed E-state index contributed by atoms with van der Waals surface area (Å²) in [6.45, 7) is 5.91. The third-order valence-corrected chi connectivity index (χ3v) is 5.03. The molecule has 0 radical (unpaired) electrons. The Morgan fingerprint density at radius 3 is 2.60 bits per heavy atom. The van der Waals surface area contributed by atoms with Gasteiger partial charge in [-0.05, 0) is 44.5 Å². The minimum atomic E-state index is -0.856. The lowest BCUT2D eigenvalue weighted by molar-refractivity contribution is 0.0905. The topological polar surface area (TPSA) is 82.2 Å².